The standard InChI is InChI=1S/C36H31N3O4S/c1-3-42-29-20-16-27(17-21-29)33-32(34(40)38-28-12-8-5-9-13-28)24(2)37-36-39(33)35(41)31(44-36)22-25-14-18-30(19-15-25)43-23-26-10-6-4-7-11-26/h4-22,33H,3,23H2,1-2H3,(H,38,40)/b31-22-/t33-/m1/s1. The second kappa shape index (κ2) is 13.0. The molecule has 1 aromatic heterocycles. The van der Waals surface area contributed by atoms with Gasteiger partial charge in [-0.15, -0.1) is 0 Å². The molecule has 0 unspecified atom stereocenters. The van der Waals surface area contributed by atoms with E-state index in [1.54, 1.807) is 4.57 Å². The number of hydrogen-bond acceptors (Lipinski definition) is 6. The lowest BCUT2D eigenvalue weighted by Gasteiger charge is -2.25. The lowest BCUT2D eigenvalue weighted by molar-refractivity contribution is -0.113. The highest BCUT2D eigenvalue weighted by molar-refractivity contribution is 7.07. The van der Waals surface area contributed by atoms with Gasteiger partial charge in [0.2, 0.25) is 0 Å². The maximum Gasteiger partial charge on any atom is 0.271 e. The van der Waals surface area contributed by atoms with Gasteiger partial charge in [-0.3, -0.25) is 14.2 Å². The summed E-state index contributed by atoms with van der Waals surface area (Å²) >= 11 is 1.31. The number of carbonyl (C=O) groups is 1. The number of amides is 1. The van der Waals surface area contributed by atoms with Crippen LogP contribution in [-0.4, -0.2) is 17.1 Å². The van der Waals surface area contributed by atoms with Gasteiger partial charge in [-0.2, -0.15) is 0 Å². The second-order valence-electron chi connectivity index (χ2n) is 10.2. The summed E-state index contributed by atoms with van der Waals surface area (Å²) in [5.41, 5.74) is 4.16. The quantitative estimate of drug-likeness (QED) is 0.230. The van der Waals surface area contributed by atoms with Crippen molar-refractivity contribution in [1.29, 1.82) is 0 Å². The fourth-order valence-corrected chi connectivity index (χ4v) is 6.16. The lowest BCUT2D eigenvalue weighted by Crippen LogP contribution is -2.40. The van der Waals surface area contributed by atoms with E-state index in [0.29, 0.717) is 39.5 Å². The first-order valence-electron chi connectivity index (χ1n) is 14.4. The highest BCUT2D eigenvalue weighted by atomic mass is 32.1. The molecule has 7 nitrogen and oxygen atoms in total. The Morgan fingerprint density at radius 2 is 1.52 bits per heavy atom. The van der Waals surface area contributed by atoms with Crippen molar-refractivity contribution >= 4 is 29.0 Å². The van der Waals surface area contributed by atoms with Crippen LogP contribution in [0.25, 0.3) is 6.08 Å². The number of aromatic nitrogens is 1. The third kappa shape index (κ3) is 6.26. The first-order chi connectivity index (χ1) is 21.5. The predicted octanol–water partition coefficient (Wildman–Crippen LogP) is 5.85. The normalized spacial score (nSPS) is 14.5. The number of carbonyl (C=O) groups excluding carboxylic acids is 1. The predicted molar refractivity (Wildman–Crippen MR) is 174 cm³/mol. The zero-order chi connectivity index (χ0) is 30.5. The van der Waals surface area contributed by atoms with Crippen LogP contribution in [0.2, 0.25) is 0 Å². The Morgan fingerprint density at radius 3 is 2.20 bits per heavy atom. The summed E-state index contributed by atoms with van der Waals surface area (Å²) < 4.78 is 13.7. The molecule has 1 aliphatic heterocycles. The van der Waals surface area contributed by atoms with Gasteiger partial charge < -0.3 is 14.8 Å². The molecule has 0 radical (unpaired) electrons. The molecule has 0 aliphatic carbocycles. The van der Waals surface area contributed by atoms with Gasteiger partial charge in [0.15, 0.2) is 4.80 Å². The molecule has 0 spiro atoms. The van der Waals surface area contributed by atoms with Crippen molar-refractivity contribution in [3.63, 3.8) is 0 Å². The van der Waals surface area contributed by atoms with E-state index in [1.807, 2.05) is 129 Å². The van der Waals surface area contributed by atoms with Crippen molar-refractivity contribution in [1.82, 2.24) is 4.57 Å². The van der Waals surface area contributed by atoms with E-state index in [-0.39, 0.29) is 11.5 Å². The molecule has 6 rings (SSSR count). The first-order valence-corrected chi connectivity index (χ1v) is 15.2. The number of rotatable bonds is 9. The number of benzene rings is 4. The van der Waals surface area contributed by atoms with Gasteiger partial charge >= 0.3 is 0 Å². The summed E-state index contributed by atoms with van der Waals surface area (Å²) in [5, 5.41) is 2.98. The van der Waals surface area contributed by atoms with E-state index < -0.39 is 6.04 Å². The van der Waals surface area contributed by atoms with Crippen molar-refractivity contribution in [3.05, 3.63) is 157 Å². The number of ether oxygens (including phenoxy) is 2. The van der Waals surface area contributed by atoms with Crippen molar-refractivity contribution < 1.29 is 14.3 Å². The maximum absolute atomic E-state index is 14.0. The molecule has 0 saturated heterocycles. The molecule has 0 fully saturated rings. The van der Waals surface area contributed by atoms with Crippen molar-refractivity contribution in [2.45, 2.75) is 26.5 Å². The van der Waals surface area contributed by atoms with Crippen LogP contribution >= 0.6 is 11.3 Å². The Kier molecular flexibility index (Phi) is 8.52. The molecule has 0 saturated carbocycles. The molecule has 0 bridgehead atoms. The average Bonchev–Trinajstić information content (AvgIpc) is 3.35. The fraction of sp³-hybridized carbons (Fsp3) is 0.139. The Labute approximate surface area is 259 Å². The van der Waals surface area contributed by atoms with Gasteiger partial charge in [0, 0.05) is 5.69 Å². The second-order valence-corrected chi connectivity index (χ2v) is 11.3. The van der Waals surface area contributed by atoms with Gasteiger partial charge in [-0.1, -0.05) is 84.1 Å². The van der Waals surface area contributed by atoms with Crippen LogP contribution in [0.5, 0.6) is 11.5 Å². The smallest absolute Gasteiger partial charge is 0.271 e. The molecule has 1 N–H and O–H groups in total. The van der Waals surface area contributed by atoms with Crippen LogP contribution in [0.1, 0.15) is 36.6 Å². The summed E-state index contributed by atoms with van der Waals surface area (Å²) in [6.45, 7) is 4.75. The molecule has 4 aromatic carbocycles. The van der Waals surface area contributed by atoms with E-state index in [0.717, 1.165) is 28.2 Å². The number of thiazole rings is 1. The van der Waals surface area contributed by atoms with E-state index in [1.165, 1.54) is 11.3 Å². The minimum absolute atomic E-state index is 0.213. The molecular weight excluding hydrogens is 570 g/mol. The number of para-hydroxylation sites is 1. The molecular formula is C36H31N3O4S. The zero-order valence-electron chi connectivity index (χ0n) is 24.4. The Morgan fingerprint density at radius 1 is 0.886 bits per heavy atom. The van der Waals surface area contributed by atoms with E-state index in [4.69, 9.17) is 14.5 Å². The summed E-state index contributed by atoms with van der Waals surface area (Å²) in [5.74, 6) is 1.15. The third-order valence-corrected chi connectivity index (χ3v) is 8.21. The minimum atomic E-state index is -0.665. The van der Waals surface area contributed by atoms with Gasteiger partial charge in [-0.05, 0) is 73.0 Å². The van der Waals surface area contributed by atoms with Crippen molar-refractivity contribution in [3.8, 4) is 11.5 Å². The summed E-state index contributed by atoms with van der Waals surface area (Å²) in [6, 6.07) is 33.7. The minimum Gasteiger partial charge on any atom is -0.494 e. The molecule has 8 heteroatoms. The molecule has 2 heterocycles. The molecule has 5 aromatic rings. The molecule has 220 valence electrons. The summed E-state index contributed by atoms with van der Waals surface area (Å²) in [6.07, 6.45) is 1.85. The number of hydrogen-bond donors (Lipinski definition) is 1. The largest absolute Gasteiger partial charge is 0.494 e. The fourth-order valence-electron chi connectivity index (χ4n) is 5.11. The van der Waals surface area contributed by atoms with Crippen molar-refractivity contribution in [2.24, 2.45) is 4.99 Å². The number of anilines is 1. The van der Waals surface area contributed by atoms with E-state index >= 15 is 0 Å². The first kappa shape index (κ1) is 28.9. The zero-order valence-corrected chi connectivity index (χ0v) is 25.2. The van der Waals surface area contributed by atoms with Gasteiger partial charge in [0.25, 0.3) is 11.5 Å². The number of nitrogens with one attached hydrogen (secondary N) is 1. The highest BCUT2D eigenvalue weighted by Gasteiger charge is 2.32. The topological polar surface area (TPSA) is 81.9 Å². The van der Waals surface area contributed by atoms with Gasteiger partial charge in [-0.25, -0.2) is 4.99 Å². The molecule has 1 atom stereocenters. The number of allylic oxidation sites excluding steroid dienone is 1. The third-order valence-electron chi connectivity index (χ3n) is 7.23. The van der Waals surface area contributed by atoms with E-state index in [9.17, 15) is 9.59 Å². The Balaban J connectivity index is 1.35. The van der Waals surface area contributed by atoms with Crippen LogP contribution in [0, 0.1) is 0 Å². The number of nitrogens with zero attached hydrogens (tertiary/aromatic N) is 2. The summed E-state index contributed by atoms with van der Waals surface area (Å²) in [4.78, 5) is 33.0. The van der Waals surface area contributed by atoms with Crippen LogP contribution < -0.4 is 29.7 Å². The Hall–Kier alpha value is -5.21. The monoisotopic (exact) mass is 601 g/mol. The van der Waals surface area contributed by atoms with E-state index in [2.05, 4.69) is 5.32 Å². The van der Waals surface area contributed by atoms with Gasteiger partial charge in [0.1, 0.15) is 18.1 Å². The van der Waals surface area contributed by atoms with Gasteiger partial charge in [0.05, 0.1) is 28.5 Å². The molecule has 44 heavy (non-hydrogen) atoms. The Bertz CT molecular complexity index is 1980. The molecule has 1 amide bonds. The number of fused-ring (bicyclic) bond motifs is 1. The lowest BCUT2D eigenvalue weighted by atomic mass is 9.95. The SMILES string of the molecule is CCOc1ccc([C@@H]2C(C(=O)Nc3ccccc3)=C(C)N=c3s/c(=C\c4ccc(OCc5ccccc5)cc4)c(=O)n32)cc1. The highest BCUT2D eigenvalue weighted by Crippen LogP contribution is 2.32. The van der Waals surface area contributed by atoms with Crippen molar-refractivity contribution in [2.75, 3.05) is 11.9 Å². The molecule has 1 aliphatic rings. The van der Waals surface area contributed by atoms with Crippen LogP contribution in [0.3, 0.4) is 0 Å². The maximum atomic E-state index is 14.0. The summed E-state index contributed by atoms with van der Waals surface area (Å²) in [7, 11) is 0. The van der Waals surface area contributed by atoms with Crippen LogP contribution in [-0.2, 0) is 11.4 Å². The van der Waals surface area contributed by atoms with Crippen LogP contribution in [0.4, 0.5) is 5.69 Å². The average molecular weight is 602 g/mol. The van der Waals surface area contributed by atoms with Crippen LogP contribution in [0.15, 0.2) is 130 Å².